The van der Waals surface area contributed by atoms with Gasteiger partial charge in [0.1, 0.15) is 11.3 Å². The summed E-state index contributed by atoms with van der Waals surface area (Å²) in [6, 6.07) is 14.9. The van der Waals surface area contributed by atoms with Crippen LogP contribution < -0.4 is 15.0 Å². The Kier molecular flexibility index (Phi) is 6.95. The predicted octanol–water partition coefficient (Wildman–Crippen LogP) is 2.94. The van der Waals surface area contributed by atoms with Crippen molar-refractivity contribution in [2.75, 3.05) is 25.1 Å². The predicted molar refractivity (Wildman–Crippen MR) is 129 cm³/mol. The van der Waals surface area contributed by atoms with Crippen molar-refractivity contribution >= 4 is 27.5 Å². The van der Waals surface area contributed by atoms with E-state index in [1.807, 2.05) is 0 Å². The van der Waals surface area contributed by atoms with E-state index in [2.05, 4.69) is 5.32 Å². The molecule has 2 aliphatic rings. The van der Waals surface area contributed by atoms with Crippen molar-refractivity contribution in [3.05, 3.63) is 54.6 Å². The average molecular weight is 486 g/mol. The number of nitrogens with one attached hydrogen (secondary N) is 1. The summed E-state index contributed by atoms with van der Waals surface area (Å²) in [5.41, 5.74) is -0.910. The van der Waals surface area contributed by atoms with Crippen LogP contribution >= 0.6 is 0 Å². The molecule has 8 nitrogen and oxygen atoms in total. The van der Waals surface area contributed by atoms with Gasteiger partial charge in [0.05, 0.1) is 18.6 Å². The Balaban J connectivity index is 1.71. The van der Waals surface area contributed by atoms with E-state index in [4.69, 9.17) is 4.74 Å². The second-order valence-electron chi connectivity index (χ2n) is 9.10. The normalized spacial score (nSPS) is 22.4. The van der Waals surface area contributed by atoms with Gasteiger partial charge in [0, 0.05) is 18.3 Å². The van der Waals surface area contributed by atoms with Crippen molar-refractivity contribution in [1.82, 2.24) is 9.62 Å². The van der Waals surface area contributed by atoms with Gasteiger partial charge in [-0.25, -0.2) is 8.42 Å². The van der Waals surface area contributed by atoms with Crippen molar-refractivity contribution in [3.8, 4) is 5.75 Å². The second kappa shape index (κ2) is 9.76. The van der Waals surface area contributed by atoms with Gasteiger partial charge in [-0.3, -0.25) is 14.5 Å². The van der Waals surface area contributed by atoms with E-state index >= 15 is 0 Å². The van der Waals surface area contributed by atoms with Gasteiger partial charge in [-0.05, 0) is 56.2 Å². The molecular weight excluding hydrogens is 454 g/mol. The molecule has 9 heteroatoms. The molecule has 0 radical (unpaired) electrons. The molecule has 1 heterocycles. The largest absolute Gasteiger partial charge is 0.497 e. The zero-order valence-corrected chi connectivity index (χ0v) is 20.4. The third-order valence-electron chi connectivity index (χ3n) is 6.68. The summed E-state index contributed by atoms with van der Waals surface area (Å²) in [5, 5.41) is 3.10. The maximum Gasteiger partial charge on any atom is 0.247 e. The number of carbonyl (C=O) groups is 2. The first-order valence-corrected chi connectivity index (χ1v) is 13.0. The number of rotatable bonds is 6. The van der Waals surface area contributed by atoms with E-state index in [-0.39, 0.29) is 29.9 Å². The summed E-state index contributed by atoms with van der Waals surface area (Å²) < 4.78 is 33.1. The molecule has 0 unspecified atom stereocenters. The molecule has 0 bridgehead atoms. The Morgan fingerprint density at radius 3 is 2.29 bits per heavy atom. The number of benzene rings is 2. The SMILES string of the molecule is COc1ccc(N2C(=O)CN(S(=O)(=O)c3ccccc3)C[C@]2(C)C(=O)NC2CCCCC2)cc1. The minimum Gasteiger partial charge on any atom is -0.497 e. The number of hydrogen-bond donors (Lipinski definition) is 1. The quantitative estimate of drug-likeness (QED) is 0.679. The zero-order chi connectivity index (χ0) is 24.3. The van der Waals surface area contributed by atoms with Crippen molar-refractivity contribution in [2.45, 2.75) is 55.5 Å². The maximum atomic E-state index is 13.7. The lowest BCUT2D eigenvalue weighted by Gasteiger charge is -2.47. The number of piperazine rings is 1. The number of carbonyl (C=O) groups excluding carboxylic acids is 2. The molecule has 1 aliphatic carbocycles. The molecule has 0 aromatic heterocycles. The molecule has 2 aromatic carbocycles. The highest BCUT2D eigenvalue weighted by Gasteiger charge is 2.51. The Bertz CT molecular complexity index is 1130. The van der Waals surface area contributed by atoms with Crippen LogP contribution in [-0.2, 0) is 19.6 Å². The number of hydrogen-bond acceptors (Lipinski definition) is 5. The van der Waals surface area contributed by atoms with E-state index in [1.165, 1.54) is 17.0 Å². The average Bonchev–Trinajstić information content (AvgIpc) is 2.85. The smallest absolute Gasteiger partial charge is 0.247 e. The molecule has 1 aliphatic heterocycles. The minimum atomic E-state index is -3.96. The Morgan fingerprint density at radius 1 is 1.03 bits per heavy atom. The Morgan fingerprint density at radius 2 is 1.68 bits per heavy atom. The molecule has 2 fully saturated rings. The highest BCUT2D eigenvalue weighted by molar-refractivity contribution is 7.89. The van der Waals surface area contributed by atoms with Crippen molar-refractivity contribution in [3.63, 3.8) is 0 Å². The summed E-state index contributed by atoms with van der Waals surface area (Å²) in [7, 11) is -2.41. The minimum absolute atomic E-state index is 0.0204. The van der Waals surface area contributed by atoms with Crippen LogP contribution in [0.2, 0.25) is 0 Å². The molecule has 0 spiro atoms. The van der Waals surface area contributed by atoms with Crippen molar-refractivity contribution in [2.24, 2.45) is 0 Å². The Hall–Kier alpha value is -2.91. The molecule has 1 atom stereocenters. The van der Waals surface area contributed by atoms with Gasteiger partial charge >= 0.3 is 0 Å². The molecule has 1 N–H and O–H groups in total. The van der Waals surface area contributed by atoms with Crippen molar-refractivity contribution in [1.29, 1.82) is 0 Å². The number of anilines is 1. The topological polar surface area (TPSA) is 96.0 Å². The maximum absolute atomic E-state index is 13.7. The van der Waals surface area contributed by atoms with E-state index in [0.717, 1.165) is 36.4 Å². The Labute approximate surface area is 200 Å². The van der Waals surface area contributed by atoms with Crippen LogP contribution in [0.1, 0.15) is 39.0 Å². The van der Waals surface area contributed by atoms with Crippen LogP contribution in [0.15, 0.2) is 59.5 Å². The van der Waals surface area contributed by atoms with Gasteiger partial charge in [0.25, 0.3) is 0 Å². The van der Waals surface area contributed by atoms with Gasteiger partial charge < -0.3 is 10.1 Å². The molecular formula is C25H31N3O5S. The van der Waals surface area contributed by atoms with E-state index in [0.29, 0.717) is 11.4 Å². The summed E-state index contributed by atoms with van der Waals surface area (Å²) in [4.78, 5) is 28.7. The van der Waals surface area contributed by atoms with Crippen LogP contribution in [0, 0.1) is 0 Å². The first-order valence-electron chi connectivity index (χ1n) is 11.6. The molecule has 1 saturated heterocycles. The molecule has 34 heavy (non-hydrogen) atoms. The van der Waals surface area contributed by atoms with Crippen LogP contribution in [0.25, 0.3) is 0 Å². The van der Waals surface area contributed by atoms with Crippen LogP contribution in [0.3, 0.4) is 0 Å². The highest BCUT2D eigenvalue weighted by atomic mass is 32.2. The van der Waals surface area contributed by atoms with Gasteiger partial charge in [-0.15, -0.1) is 0 Å². The summed E-state index contributed by atoms with van der Waals surface area (Å²) in [5.74, 6) is -0.191. The molecule has 4 rings (SSSR count). The summed E-state index contributed by atoms with van der Waals surface area (Å²) in [6.45, 7) is 1.13. The zero-order valence-electron chi connectivity index (χ0n) is 19.6. The lowest BCUT2D eigenvalue weighted by Crippen LogP contribution is -2.70. The van der Waals surface area contributed by atoms with Crippen LogP contribution in [-0.4, -0.2) is 56.3 Å². The van der Waals surface area contributed by atoms with Gasteiger partial charge in [0.15, 0.2) is 0 Å². The fraction of sp³-hybridized carbons (Fsp3) is 0.440. The van der Waals surface area contributed by atoms with Crippen LogP contribution in [0.4, 0.5) is 5.69 Å². The number of ether oxygens (including phenoxy) is 1. The first-order chi connectivity index (χ1) is 16.3. The molecule has 1 saturated carbocycles. The van der Waals surface area contributed by atoms with Crippen molar-refractivity contribution < 1.29 is 22.7 Å². The van der Waals surface area contributed by atoms with Gasteiger partial charge in [-0.1, -0.05) is 37.5 Å². The lowest BCUT2D eigenvalue weighted by molar-refractivity contribution is -0.133. The summed E-state index contributed by atoms with van der Waals surface area (Å²) >= 11 is 0. The number of amides is 2. The van der Waals surface area contributed by atoms with E-state index in [1.54, 1.807) is 56.5 Å². The number of methoxy groups -OCH3 is 1. The monoisotopic (exact) mass is 485 g/mol. The molecule has 182 valence electrons. The number of sulfonamides is 1. The van der Waals surface area contributed by atoms with E-state index in [9.17, 15) is 18.0 Å². The van der Waals surface area contributed by atoms with Gasteiger partial charge in [0.2, 0.25) is 21.8 Å². The summed E-state index contributed by atoms with van der Waals surface area (Å²) in [6.07, 6.45) is 4.98. The fourth-order valence-corrected chi connectivity index (χ4v) is 6.30. The number of nitrogens with zero attached hydrogens (tertiary/aromatic N) is 2. The lowest BCUT2D eigenvalue weighted by atomic mass is 9.91. The van der Waals surface area contributed by atoms with Crippen LogP contribution in [0.5, 0.6) is 5.75 Å². The molecule has 2 amide bonds. The van der Waals surface area contributed by atoms with Gasteiger partial charge in [-0.2, -0.15) is 4.31 Å². The third-order valence-corrected chi connectivity index (χ3v) is 8.49. The standard InChI is InChI=1S/C25H31N3O5S/c1-25(24(30)26-19-9-5-3-6-10-19)18-27(34(31,32)22-11-7-4-8-12-22)17-23(29)28(25)20-13-15-21(33-2)16-14-20/h4,7-8,11-16,19H,3,5-6,9-10,17-18H2,1-2H3,(H,26,30)/t25-/m1/s1. The molecule has 2 aromatic rings. The fourth-order valence-electron chi connectivity index (χ4n) is 4.80. The third kappa shape index (κ3) is 4.67. The van der Waals surface area contributed by atoms with E-state index < -0.39 is 21.5 Å². The second-order valence-corrected chi connectivity index (χ2v) is 11.0. The first kappa shape index (κ1) is 24.2. The highest BCUT2D eigenvalue weighted by Crippen LogP contribution is 2.33.